The third-order valence-corrected chi connectivity index (χ3v) is 5.61. The van der Waals surface area contributed by atoms with E-state index in [2.05, 4.69) is 19.2 Å². The Morgan fingerprint density at radius 1 is 1.08 bits per heavy atom. The smallest absolute Gasteiger partial charge is 0.239 e. The molecular formula is C18H33N3O3. The van der Waals surface area contributed by atoms with Crippen LogP contribution >= 0.6 is 0 Å². The second-order valence-electron chi connectivity index (χ2n) is 7.62. The van der Waals surface area contributed by atoms with Gasteiger partial charge < -0.3 is 20.7 Å². The highest BCUT2D eigenvalue weighted by Gasteiger charge is 2.33. The molecule has 0 radical (unpaired) electrons. The highest BCUT2D eigenvalue weighted by molar-refractivity contribution is 5.83. The average Bonchev–Trinajstić information content (AvgIpc) is 2.61. The summed E-state index contributed by atoms with van der Waals surface area (Å²) in [5.74, 6) is 0.815. The number of nitrogens with zero attached hydrogens (tertiary/aromatic N) is 1. The van der Waals surface area contributed by atoms with Crippen molar-refractivity contribution in [3.8, 4) is 0 Å². The number of hydrogen-bond donors (Lipinski definition) is 2. The molecule has 2 heterocycles. The van der Waals surface area contributed by atoms with E-state index in [4.69, 9.17) is 10.5 Å². The summed E-state index contributed by atoms with van der Waals surface area (Å²) >= 11 is 0. The molecule has 2 aliphatic rings. The summed E-state index contributed by atoms with van der Waals surface area (Å²) in [6.45, 7) is 8.89. The van der Waals surface area contributed by atoms with Crippen molar-refractivity contribution in [2.24, 2.45) is 23.5 Å². The Morgan fingerprint density at radius 2 is 1.67 bits per heavy atom. The molecule has 2 aliphatic heterocycles. The summed E-state index contributed by atoms with van der Waals surface area (Å²) in [4.78, 5) is 26.8. The highest BCUT2D eigenvalue weighted by Crippen LogP contribution is 2.22. The zero-order valence-electron chi connectivity index (χ0n) is 15.3. The first-order valence-electron chi connectivity index (χ1n) is 9.32. The first-order chi connectivity index (χ1) is 11.4. The number of carbonyl (C=O) groups is 2. The normalized spacial score (nSPS) is 23.1. The molecule has 2 saturated heterocycles. The van der Waals surface area contributed by atoms with Crippen LogP contribution in [0.2, 0.25) is 0 Å². The van der Waals surface area contributed by atoms with Gasteiger partial charge >= 0.3 is 0 Å². The van der Waals surface area contributed by atoms with Crippen LogP contribution in [0.3, 0.4) is 0 Å². The molecule has 2 fully saturated rings. The Morgan fingerprint density at radius 3 is 2.21 bits per heavy atom. The molecule has 138 valence electrons. The zero-order valence-corrected chi connectivity index (χ0v) is 15.3. The van der Waals surface area contributed by atoms with E-state index in [0.717, 1.165) is 25.7 Å². The van der Waals surface area contributed by atoms with Crippen molar-refractivity contribution in [2.75, 3.05) is 26.3 Å². The summed E-state index contributed by atoms with van der Waals surface area (Å²) < 4.78 is 5.34. The van der Waals surface area contributed by atoms with E-state index in [9.17, 15) is 9.59 Å². The Labute approximate surface area is 145 Å². The van der Waals surface area contributed by atoms with E-state index in [0.29, 0.717) is 32.2 Å². The lowest BCUT2D eigenvalue weighted by Crippen LogP contribution is -2.52. The fraction of sp³-hybridized carbons (Fsp3) is 0.889. The number of carbonyl (C=O) groups excluding carboxylic acids is 2. The molecule has 2 atom stereocenters. The van der Waals surface area contributed by atoms with E-state index < -0.39 is 6.04 Å². The number of amides is 2. The summed E-state index contributed by atoms with van der Waals surface area (Å²) in [6.07, 6.45) is 3.17. The lowest BCUT2D eigenvalue weighted by molar-refractivity contribution is -0.138. The van der Waals surface area contributed by atoms with Gasteiger partial charge in [0.1, 0.15) is 0 Å². The van der Waals surface area contributed by atoms with E-state index >= 15 is 0 Å². The third-order valence-electron chi connectivity index (χ3n) is 5.61. The Balaban J connectivity index is 1.79. The summed E-state index contributed by atoms with van der Waals surface area (Å²) in [6, 6.07) is -0.251. The number of nitrogens with two attached hydrogens (primary N) is 1. The van der Waals surface area contributed by atoms with Crippen LogP contribution in [0.1, 0.15) is 46.5 Å². The Bertz CT molecular complexity index is 427. The van der Waals surface area contributed by atoms with Crippen LogP contribution in [0.25, 0.3) is 0 Å². The SMILES string of the molecule is CC(C)C(C)NC(=O)C1CCN(C(=O)C(N)C2CCOCC2)CC1. The molecule has 0 spiro atoms. The minimum atomic E-state index is -0.430. The Kier molecular flexibility index (Phi) is 7.04. The van der Waals surface area contributed by atoms with Gasteiger partial charge in [0.25, 0.3) is 0 Å². The second-order valence-corrected chi connectivity index (χ2v) is 7.62. The van der Waals surface area contributed by atoms with Crippen molar-refractivity contribution < 1.29 is 14.3 Å². The third kappa shape index (κ3) is 4.93. The maximum atomic E-state index is 12.6. The molecule has 24 heavy (non-hydrogen) atoms. The number of ether oxygens (including phenoxy) is 1. The van der Waals surface area contributed by atoms with Crippen molar-refractivity contribution in [3.05, 3.63) is 0 Å². The van der Waals surface area contributed by atoms with Crippen LogP contribution in [-0.2, 0) is 14.3 Å². The van der Waals surface area contributed by atoms with Crippen molar-refractivity contribution in [1.82, 2.24) is 10.2 Å². The minimum absolute atomic E-state index is 0.00885. The predicted octanol–water partition coefficient (Wildman–Crippen LogP) is 1.14. The molecule has 2 rings (SSSR count). The predicted molar refractivity (Wildman–Crippen MR) is 93.3 cm³/mol. The number of nitrogens with one attached hydrogen (secondary N) is 1. The highest BCUT2D eigenvalue weighted by atomic mass is 16.5. The molecule has 3 N–H and O–H groups in total. The minimum Gasteiger partial charge on any atom is -0.381 e. The van der Waals surface area contributed by atoms with Crippen LogP contribution in [0, 0.1) is 17.8 Å². The van der Waals surface area contributed by atoms with E-state index in [1.54, 1.807) is 0 Å². The van der Waals surface area contributed by atoms with E-state index in [1.165, 1.54) is 0 Å². The molecule has 2 amide bonds. The van der Waals surface area contributed by atoms with Crippen molar-refractivity contribution in [1.29, 1.82) is 0 Å². The fourth-order valence-corrected chi connectivity index (χ4v) is 3.36. The lowest BCUT2D eigenvalue weighted by Gasteiger charge is -2.36. The molecule has 0 bridgehead atoms. The zero-order chi connectivity index (χ0) is 17.7. The van der Waals surface area contributed by atoms with Gasteiger partial charge in [0.2, 0.25) is 11.8 Å². The van der Waals surface area contributed by atoms with Gasteiger partial charge in [-0.15, -0.1) is 0 Å². The van der Waals surface area contributed by atoms with Gasteiger partial charge in [0, 0.05) is 38.3 Å². The monoisotopic (exact) mass is 339 g/mol. The van der Waals surface area contributed by atoms with Gasteiger partial charge in [0.15, 0.2) is 0 Å². The lowest BCUT2D eigenvalue weighted by atomic mass is 9.90. The molecule has 0 aromatic rings. The maximum Gasteiger partial charge on any atom is 0.239 e. The van der Waals surface area contributed by atoms with Crippen molar-refractivity contribution >= 4 is 11.8 Å². The topological polar surface area (TPSA) is 84.7 Å². The van der Waals surface area contributed by atoms with Crippen molar-refractivity contribution in [2.45, 2.75) is 58.5 Å². The molecule has 0 saturated carbocycles. The molecule has 0 aromatic heterocycles. The number of rotatable bonds is 5. The largest absolute Gasteiger partial charge is 0.381 e. The van der Waals surface area contributed by atoms with Crippen LogP contribution in [0.4, 0.5) is 0 Å². The first-order valence-corrected chi connectivity index (χ1v) is 9.32. The summed E-state index contributed by atoms with van der Waals surface area (Å²) in [7, 11) is 0. The van der Waals surface area contributed by atoms with Crippen LogP contribution in [-0.4, -0.2) is 55.1 Å². The number of hydrogen-bond acceptors (Lipinski definition) is 4. The first kappa shape index (κ1) is 19.2. The molecule has 0 aromatic carbocycles. The standard InChI is InChI=1S/C18H33N3O3/c1-12(2)13(3)20-17(22)15-4-8-21(9-5-15)18(23)16(19)14-6-10-24-11-7-14/h12-16H,4-11,19H2,1-3H3,(H,20,22). The molecular weight excluding hydrogens is 306 g/mol. The van der Waals surface area contributed by atoms with Gasteiger partial charge in [-0.25, -0.2) is 0 Å². The van der Waals surface area contributed by atoms with Gasteiger partial charge in [0.05, 0.1) is 6.04 Å². The summed E-state index contributed by atoms with van der Waals surface area (Å²) in [5.41, 5.74) is 6.19. The van der Waals surface area contributed by atoms with Gasteiger partial charge in [-0.05, 0) is 44.4 Å². The van der Waals surface area contributed by atoms with Crippen LogP contribution in [0.15, 0.2) is 0 Å². The van der Waals surface area contributed by atoms with Crippen LogP contribution < -0.4 is 11.1 Å². The van der Waals surface area contributed by atoms with Crippen LogP contribution in [0.5, 0.6) is 0 Å². The van der Waals surface area contributed by atoms with Gasteiger partial charge in [-0.3, -0.25) is 9.59 Å². The molecule has 6 nitrogen and oxygen atoms in total. The number of likely N-dealkylation sites (tertiary alicyclic amines) is 1. The van der Waals surface area contributed by atoms with E-state index in [1.807, 2.05) is 11.8 Å². The maximum absolute atomic E-state index is 12.6. The molecule has 6 heteroatoms. The number of piperidine rings is 1. The van der Waals surface area contributed by atoms with Crippen molar-refractivity contribution in [3.63, 3.8) is 0 Å². The second kappa shape index (κ2) is 8.81. The fourth-order valence-electron chi connectivity index (χ4n) is 3.36. The van der Waals surface area contributed by atoms with Gasteiger partial charge in [-0.1, -0.05) is 13.8 Å². The van der Waals surface area contributed by atoms with E-state index in [-0.39, 0.29) is 29.7 Å². The molecule has 0 aliphatic carbocycles. The van der Waals surface area contributed by atoms with Gasteiger partial charge in [-0.2, -0.15) is 0 Å². The molecule has 2 unspecified atom stereocenters. The summed E-state index contributed by atoms with van der Waals surface area (Å²) in [5, 5.41) is 3.09. The average molecular weight is 339 g/mol. The quantitative estimate of drug-likeness (QED) is 0.787. The Hall–Kier alpha value is -1.14.